The molecule has 2 N–H and O–H groups in total. The van der Waals surface area contributed by atoms with Gasteiger partial charge < -0.3 is 9.73 Å². The summed E-state index contributed by atoms with van der Waals surface area (Å²) < 4.78 is 4.76. The highest BCUT2D eigenvalue weighted by atomic mass is 16.4. The number of benzene rings is 1. The number of hydrogen-bond acceptors (Lipinski definition) is 4. The summed E-state index contributed by atoms with van der Waals surface area (Å²) in [7, 11) is 0. The van der Waals surface area contributed by atoms with Crippen molar-refractivity contribution in [3.05, 3.63) is 28.7 Å². The van der Waals surface area contributed by atoms with Crippen LogP contribution in [0.15, 0.2) is 27.4 Å². The number of amides is 1. The molecule has 0 fully saturated rings. The molecule has 0 spiro atoms. The number of carbonyl (C=O) groups is 2. The van der Waals surface area contributed by atoms with E-state index in [-0.39, 0.29) is 6.29 Å². The number of aromatic amines is 1. The maximum absolute atomic E-state index is 10.8. The molecule has 0 saturated carbocycles. The van der Waals surface area contributed by atoms with Crippen LogP contribution in [0.5, 0.6) is 0 Å². The minimum absolute atomic E-state index is 0.169. The van der Waals surface area contributed by atoms with Crippen LogP contribution in [0.2, 0.25) is 0 Å². The van der Waals surface area contributed by atoms with Crippen LogP contribution in [0.3, 0.4) is 0 Å². The van der Waals surface area contributed by atoms with Crippen molar-refractivity contribution >= 4 is 29.0 Å². The molecule has 1 aromatic carbocycles. The second kappa shape index (κ2) is 3.41. The molecule has 0 unspecified atom stereocenters. The predicted octanol–water partition coefficient (Wildman–Crippen LogP) is 0.258. The van der Waals surface area contributed by atoms with Crippen molar-refractivity contribution in [2.45, 2.75) is 0 Å². The van der Waals surface area contributed by atoms with Gasteiger partial charge in [0.05, 0.1) is 5.52 Å². The molecular formula is C9H6N2O4. The number of carbonyl (C=O) groups excluding carboxylic acids is 2. The Morgan fingerprint density at radius 3 is 3.00 bits per heavy atom. The van der Waals surface area contributed by atoms with E-state index in [4.69, 9.17) is 4.42 Å². The zero-order valence-corrected chi connectivity index (χ0v) is 7.44. The van der Waals surface area contributed by atoms with Gasteiger partial charge in [-0.05, 0) is 18.2 Å². The highest BCUT2D eigenvalue weighted by Crippen LogP contribution is 2.15. The number of H-pyrrole nitrogens is 1. The Bertz CT molecular complexity index is 581. The number of anilines is 1. The lowest BCUT2D eigenvalue weighted by Crippen LogP contribution is -2.11. The van der Waals surface area contributed by atoms with Crippen LogP contribution in [0.1, 0.15) is 0 Å². The summed E-state index contributed by atoms with van der Waals surface area (Å²) in [5.74, 6) is -1.32. The molecule has 0 aliphatic carbocycles. The topological polar surface area (TPSA) is 92.2 Å². The maximum Gasteiger partial charge on any atom is 0.417 e. The lowest BCUT2D eigenvalue weighted by atomic mass is 10.3. The summed E-state index contributed by atoms with van der Waals surface area (Å²) in [5.41, 5.74) is 1.27. The normalized spacial score (nSPS) is 10.1. The Morgan fingerprint density at radius 2 is 2.27 bits per heavy atom. The summed E-state index contributed by atoms with van der Waals surface area (Å²) in [6.45, 7) is 0. The SMILES string of the molecule is O=CC(=O)Nc1ccc2oc(=O)[nH]c2c1. The van der Waals surface area contributed by atoms with Crippen LogP contribution in [0.25, 0.3) is 11.1 Å². The fourth-order valence-corrected chi connectivity index (χ4v) is 1.20. The van der Waals surface area contributed by atoms with Crippen molar-refractivity contribution in [1.82, 2.24) is 4.98 Å². The molecule has 0 aliphatic rings. The third-order valence-electron chi connectivity index (χ3n) is 1.79. The van der Waals surface area contributed by atoms with Gasteiger partial charge in [0.1, 0.15) is 0 Å². The van der Waals surface area contributed by atoms with Crippen molar-refractivity contribution in [2.24, 2.45) is 0 Å². The Kier molecular flexibility index (Phi) is 2.09. The standard InChI is InChI=1S/C9H6N2O4/c12-4-8(13)10-5-1-2-7-6(3-5)11-9(14)15-7/h1-4H,(H,10,13)(H,11,14). The van der Waals surface area contributed by atoms with Crippen LogP contribution in [0.4, 0.5) is 5.69 Å². The molecule has 1 heterocycles. The Labute approximate surface area is 82.9 Å². The molecule has 76 valence electrons. The molecule has 15 heavy (non-hydrogen) atoms. The van der Waals surface area contributed by atoms with E-state index in [1.807, 2.05) is 0 Å². The van der Waals surface area contributed by atoms with Gasteiger partial charge >= 0.3 is 5.76 Å². The Hall–Kier alpha value is -2.37. The number of nitrogens with one attached hydrogen (secondary N) is 2. The van der Waals surface area contributed by atoms with E-state index >= 15 is 0 Å². The summed E-state index contributed by atoms with van der Waals surface area (Å²) >= 11 is 0. The van der Waals surface area contributed by atoms with Gasteiger partial charge in [0.15, 0.2) is 5.58 Å². The van der Waals surface area contributed by atoms with E-state index in [2.05, 4.69) is 10.3 Å². The zero-order chi connectivity index (χ0) is 10.8. The minimum atomic E-state index is -0.750. The second-order valence-electron chi connectivity index (χ2n) is 2.83. The van der Waals surface area contributed by atoms with E-state index < -0.39 is 11.7 Å². The minimum Gasteiger partial charge on any atom is -0.408 e. The largest absolute Gasteiger partial charge is 0.417 e. The van der Waals surface area contributed by atoms with Gasteiger partial charge in [-0.25, -0.2) is 4.79 Å². The highest BCUT2D eigenvalue weighted by molar-refractivity contribution is 6.29. The van der Waals surface area contributed by atoms with Gasteiger partial charge in [0, 0.05) is 5.69 Å². The van der Waals surface area contributed by atoms with E-state index in [0.29, 0.717) is 16.8 Å². The summed E-state index contributed by atoms with van der Waals surface area (Å²) in [6.07, 6.45) is 0.169. The molecule has 0 saturated heterocycles. The smallest absolute Gasteiger partial charge is 0.408 e. The van der Waals surface area contributed by atoms with E-state index in [0.717, 1.165) is 0 Å². The lowest BCUT2D eigenvalue weighted by Gasteiger charge is -1.98. The Morgan fingerprint density at radius 1 is 1.47 bits per heavy atom. The van der Waals surface area contributed by atoms with Gasteiger partial charge in [-0.1, -0.05) is 0 Å². The van der Waals surface area contributed by atoms with Crippen molar-refractivity contribution in [3.8, 4) is 0 Å². The average molecular weight is 206 g/mol. The number of rotatable bonds is 2. The van der Waals surface area contributed by atoms with E-state index in [1.165, 1.54) is 18.2 Å². The summed E-state index contributed by atoms with van der Waals surface area (Å²) in [4.78, 5) is 34.1. The van der Waals surface area contributed by atoms with Crippen LogP contribution in [-0.2, 0) is 9.59 Å². The van der Waals surface area contributed by atoms with Crippen LogP contribution in [0, 0.1) is 0 Å². The lowest BCUT2D eigenvalue weighted by molar-refractivity contribution is -0.127. The third-order valence-corrected chi connectivity index (χ3v) is 1.79. The predicted molar refractivity (Wildman–Crippen MR) is 51.5 cm³/mol. The fourth-order valence-electron chi connectivity index (χ4n) is 1.20. The number of aldehydes is 1. The van der Waals surface area contributed by atoms with E-state index in [9.17, 15) is 14.4 Å². The first-order chi connectivity index (χ1) is 7.19. The van der Waals surface area contributed by atoms with Gasteiger partial charge in [-0.15, -0.1) is 0 Å². The van der Waals surface area contributed by atoms with Crippen LogP contribution < -0.4 is 11.1 Å². The zero-order valence-electron chi connectivity index (χ0n) is 7.44. The second-order valence-corrected chi connectivity index (χ2v) is 2.83. The van der Waals surface area contributed by atoms with Gasteiger partial charge in [0.25, 0.3) is 5.91 Å². The summed E-state index contributed by atoms with van der Waals surface area (Å²) in [5, 5.41) is 2.32. The number of oxazole rings is 1. The van der Waals surface area contributed by atoms with Crippen molar-refractivity contribution in [2.75, 3.05) is 5.32 Å². The average Bonchev–Trinajstić information content (AvgIpc) is 2.57. The monoisotopic (exact) mass is 206 g/mol. The van der Waals surface area contributed by atoms with Crippen LogP contribution in [-0.4, -0.2) is 17.2 Å². The van der Waals surface area contributed by atoms with Gasteiger partial charge in [0.2, 0.25) is 6.29 Å². The quantitative estimate of drug-likeness (QED) is 0.544. The first-order valence-electron chi connectivity index (χ1n) is 4.08. The maximum atomic E-state index is 10.8. The molecule has 0 aliphatic heterocycles. The molecule has 1 amide bonds. The number of fused-ring (bicyclic) bond motifs is 1. The Balaban J connectivity index is 2.42. The van der Waals surface area contributed by atoms with Gasteiger partial charge in [-0.2, -0.15) is 0 Å². The number of hydrogen-bond donors (Lipinski definition) is 2. The van der Waals surface area contributed by atoms with Crippen molar-refractivity contribution < 1.29 is 14.0 Å². The third kappa shape index (κ3) is 1.78. The van der Waals surface area contributed by atoms with Crippen molar-refractivity contribution in [1.29, 1.82) is 0 Å². The molecule has 2 rings (SSSR count). The molecule has 0 radical (unpaired) electrons. The molecule has 0 atom stereocenters. The summed E-state index contributed by atoms with van der Waals surface area (Å²) in [6, 6.07) is 4.55. The van der Waals surface area contributed by atoms with Gasteiger partial charge in [-0.3, -0.25) is 14.6 Å². The molecule has 6 heteroatoms. The number of aromatic nitrogens is 1. The molecule has 0 bridgehead atoms. The highest BCUT2D eigenvalue weighted by Gasteiger charge is 2.03. The molecule has 1 aromatic heterocycles. The molecular weight excluding hydrogens is 200 g/mol. The van der Waals surface area contributed by atoms with E-state index in [1.54, 1.807) is 0 Å². The van der Waals surface area contributed by atoms with Crippen LogP contribution >= 0.6 is 0 Å². The molecule has 6 nitrogen and oxygen atoms in total. The first-order valence-corrected chi connectivity index (χ1v) is 4.08. The fraction of sp³-hybridized carbons (Fsp3) is 0. The van der Waals surface area contributed by atoms with Crippen molar-refractivity contribution in [3.63, 3.8) is 0 Å². The molecule has 2 aromatic rings. The first kappa shape index (κ1) is 9.20.